The number of amides is 1. The van der Waals surface area contributed by atoms with Crippen molar-refractivity contribution in [3.8, 4) is 10.6 Å². The molecule has 0 aliphatic carbocycles. The highest BCUT2D eigenvalue weighted by molar-refractivity contribution is 7.13. The van der Waals surface area contributed by atoms with E-state index < -0.39 is 0 Å². The zero-order chi connectivity index (χ0) is 24.2. The lowest BCUT2D eigenvalue weighted by Crippen LogP contribution is -2.41. The number of aromatic nitrogens is 3. The van der Waals surface area contributed by atoms with Gasteiger partial charge in [-0.2, -0.15) is 0 Å². The molecule has 1 saturated heterocycles. The van der Waals surface area contributed by atoms with Gasteiger partial charge in [-0.25, -0.2) is 9.97 Å². The molecule has 4 aromatic heterocycles. The fourth-order valence-electron chi connectivity index (χ4n) is 4.39. The molecule has 0 radical (unpaired) electrons. The number of thiophene rings is 1. The maximum atomic E-state index is 13.3. The molecule has 0 bridgehead atoms. The predicted octanol–water partition coefficient (Wildman–Crippen LogP) is 4.17. The molecule has 8 nitrogen and oxygen atoms in total. The molecule has 1 aliphatic rings. The fourth-order valence-corrected chi connectivity index (χ4v) is 5.08. The number of hydrogen-bond donors (Lipinski definition) is 1. The first kappa shape index (κ1) is 23.0. The number of nitrogens with one attached hydrogen (secondary N) is 1. The summed E-state index contributed by atoms with van der Waals surface area (Å²) in [5.41, 5.74) is 2.90. The number of pyridine rings is 2. The van der Waals surface area contributed by atoms with Crippen molar-refractivity contribution in [3.63, 3.8) is 0 Å². The molecular formula is C26H27N5O3S. The molecule has 1 unspecified atom stereocenters. The second-order valence-corrected chi connectivity index (χ2v) is 9.41. The van der Waals surface area contributed by atoms with Crippen molar-refractivity contribution < 1.29 is 14.3 Å². The van der Waals surface area contributed by atoms with Crippen LogP contribution in [0.2, 0.25) is 0 Å². The normalized spacial score (nSPS) is 15.8. The minimum absolute atomic E-state index is 0.190. The molecule has 4 aromatic rings. The molecule has 9 heteroatoms. The Hall–Kier alpha value is -3.72. The Bertz CT molecular complexity index is 1300. The van der Waals surface area contributed by atoms with Crippen LogP contribution in [0.15, 0.2) is 60.2 Å². The summed E-state index contributed by atoms with van der Waals surface area (Å²) in [4.78, 5) is 38.3. The first-order valence-corrected chi connectivity index (χ1v) is 12.7. The Kier molecular flexibility index (Phi) is 6.76. The minimum atomic E-state index is -0.232. The van der Waals surface area contributed by atoms with Crippen LogP contribution in [0.3, 0.4) is 0 Å². The topological polar surface area (TPSA) is 88.8 Å². The maximum Gasteiger partial charge on any atom is 0.310 e. The number of nitrogens with zero attached hydrogens (tertiary/aromatic N) is 4. The van der Waals surface area contributed by atoms with E-state index in [4.69, 9.17) is 9.72 Å². The summed E-state index contributed by atoms with van der Waals surface area (Å²) in [6, 6.07) is 13.5. The van der Waals surface area contributed by atoms with Gasteiger partial charge in [-0.05, 0) is 55.5 Å². The number of carbonyl (C=O) groups excluding carboxylic acids is 2. The quantitative estimate of drug-likeness (QED) is 0.392. The van der Waals surface area contributed by atoms with Gasteiger partial charge >= 0.3 is 5.97 Å². The molecule has 0 saturated carbocycles. The lowest BCUT2D eigenvalue weighted by Gasteiger charge is -2.33. The molecule has 5 rings (SSSR count). The second kappa shape index (κ2) is 10.3. The van der Waals surface area contributed by atoms with Crippen LogP contribution in [0, 0.1) is 5.92 Å². The standard InChI is InChI=1S/C26H27N5O3S/c1-2-34-26(33)18-7-5-13-31(16-18)24-20(10-11-21(29-24)22-8-6-14-35-22)25(32)27-15-19-17-30-12-4-3-9-23(30)28-19/h3-4,6,8-12,14,17-18H,2,5,7,13,15-16H2,1H3,(H,27,32). The van der Waals surface area contributed by atoms with E-state index in [1.165, 1.54) is 0 Å². The van der Waals surface area contributed by atoms with Gasteiger partial charge in [0.1, 0.15) is 11.5 Å². The van der Waals surface area contributed by atoms with Crippen molar-refractivity contribution in [2.75, 3.05) is 24.6 Å². The van der Waals surface area contributed by atoms with Crippen LogP contribution in [0.25, 0.3) is 16.2 Å². The molecule has 1 fully saturated rings. The fraction of sp³-hybridized carbons (Fsp3) is 0.308. The molecule has 1 aliphatic heterocycles. The van der Waals surface area contributed by atoms with Crippen molar-refractivity contribution in [1.82, 2.24) is 19.7 Å². The van der Waals surface area contributed by atoms with E-state index in [-0.39, 0.29) is 17.8 Å². The summed E-state index contributed by atoms with van der Waals surface area (Å²) in [6.07, 6.45) is 5.44. The summed E-state index contributed by atoms with van der Waals surface area (Å²) in [5.74, 6) is -0.0489. The lowest BCUT2D eigenvalue weighted by molar-refractivity contribution is -0.148. The van der Waals surface area contributed by atoms with Gasteiger partial charge in [-0.3, -0.25) is 9.59 Å². The van der Waals surface area contributed by atoms with E-state index >= 15 is 0 Å². The number of esters is 1. The van der Waals surface area contributed by atoms with Crippen LogP contribution in [-0.2, 0) is 16.1 Å². The van der Waals surface area contributed by atoms with Gasteiger partial charge in [0.2, 0.25) is 0 Å². The number of carbonyl (C=O) groups is 2. The van der Waals surface area contributed by atoms with Gasteiger partial charge in [0.05, 0.1) is 40.9 Å². The summed E-state index contributed by atoms with van der Waals surface area (Å²) in [7, 11) is 0. The molecule has 1 amide bonds. The van der Waals surface area contributed by atoms with E-state index in [9.17, 15) is 9.59 Å². The number of anilines is 1. The molecule has 180 valence electrons. The maximum absolute atomic E-state index is 13.3. The molecule has 1 N–H and O–H groups in total. The molecular weight excluding hydrogens is 462 g/mol. The number of ether oxygens (including phenoxy) is 1. The van der Waals surface area contributed by atoms with Gasteiger partial charge in [0.25, 0.3) is 5.91 Å². The summed E-state index contributed by atoms with van der Waals surface area (Å²) in [6.45, 7) is 3.68. The lowest BCUT2D eigenvalue weighted by atomic mass is 9.97. The highest BCUT2D eigenvalue weighted by Gasteiger charge is 2.30. The van der Waals surface area contributed by atoms with Crippen LogP contribution >= 0.6 is 11.3 Å². The van der Waals surface area contributed by atoms with E-state index in [1.54, 1.807) is 11.3 Å². The van der Waals surface area contributed by atoms with E-state index in [1.807, 2.05) is 76.5 Å². The van der Waals surface area contributed by atoms with Crippen molar-refractivity contribution in [2.24, 2.45) is 5.92 Å². The first-order valence-electron chi connectivity index (χ1n) is 11.8. The van der Waals surface area contributed by atoms with E-state index in [0.717, 1.165) is 41.3 Å². The van der Waals surface area contributed by atoms with Crippen LogP contribution in [0.5, 0.6) is 0 Å². The number of rotatable bonds is 7. The number of fused-ring (bicyclic) bond motifs is 1. The van der Waals surface area contributed by atoms with Crippen molar-refractivity contribution in [2.45, 2.75) is 26.3 Å². The van der Waals surface area contributed by atoms with Gasteiger partial charge in [-0.1, -0.05) is 12.1 Å². The van der Waals surface area contributed by atoms with Crippen molar-refractivity contribution >= 4 is 34.7 Å². The van der Waals surface area contributed by atoms with Gasteiger partial charge in [0.15, 0.2) is 0 Å². The minimum Gasteiger partial charge on any atom is -0.466 e. The van der Waals surface area contributed by atoms with Gasteiger partial charge < -0.3 is 19.4 Å². The van der Waals surface area contributed by atoms with Gasteiger partial charge in [-0.15, -0.1) is 11.3 Å². The Morgan fingerprint density at radius 2 is 2.09 bits per heavy atom. The summed E-state index contributed by atoms with van der Waals surface area (Å²) in [5, 5.41) is 5.00. The summed E-state index contributed by atoms with van der Waals surface area (Å²) >= 11 is 1.60. The van der Waals surface area contributed by atoms with E-state index in [0.29, 0.717) is 31.1 Å². The van der Waals surface area contributed by atoms with Crippen molar-refractivity contribution in [3.05, 3.63) is 71.5 Å². The van der Waals surface area contributed by atoms with Crippen LogP contribution < -0.4 is 10.2 Å². The van der Waals surface area contributed by atoms with Crippen LogP contribution in [-0.4, -0.2) is 45.9 Å². The Balaban J connectivity index is 1.40. The Labute approximate surface area is 207 Å². The third-order valence-corrected chi connectivity index (χ3v) is 6.97. The second-order valence-electron chi connectivity index (χ2n) is 8.46. The molecule has 5 heterocycles. The smallest absolute Gasteiger partial charge is 0.310 e. The average molecular weight is 490 g/mol. The highest BCUT2D eigenvalue weighted by atomic mass is 32.1. The zero-order valence-electron chi connectivity index (χ0n) is 19.5. The van der Waals surface area contributed by atoms with Gasteiger partial charge in [0, 0.05) is 25.5 Å². The molecule has 1 atom stereocenters. The zero-order valence-corrected chi connectivity index (χ0v) is 20.3. The average Bonchev–Trinajstić information content (AvgIpc) is 3.57. The van der Waals surface area contributed by atoms with Crippen LogP contribution in [0.4, 0.5) is 5.82 Å². The molecule has 0 spiro atoms. The number of hydrogen-bond acceptors (Lipinski definition) is 7. The largest absolute Gasteiger partial charge is 0.466 e. The van der Waals surface area contributed by atoms with Crippen molar-refractivity contribution in [1.29, 1.82) is 0 Å². The Morgan fingerprint density at radius 3 is 2.89 bits per heavy atom. The summed E-state index contributed by atoms with van der Waals surface area (Å²) < 4.78 is 7.19. The highest BCUT2D eigenvalue weighted by Crippen LogP contribution is 2.30. The van der Waals surface area contributed by atoms with Crippen LogP contribution in [0.1, 0.15) is 35.8 Å². The number of piperidine rings is 1. The third kappa shape index (κ3) is 5.05. The number of imidazole rings is 1. The monoisotopic (exact) mass is 489 g/mol. The first-order chi connectivity index (χ1) is 17.1. The third-order valence-electron chi connectivity index (χ3n) is 6.08. The SMILES string of the molecule is CCOC(=O)C1CCCN(c2nc(-c3cccs3)ccc2C(=O)NCc2cn3ccccc3n2)C1. The Morgan fingerprint density at radius 1 is 1.17 bits per heavy atom. The molecule has 0 aromatic carbocycles. The molecule has 35 heavy (non-hydrogen) atoms. The predicted molar refractivity (Wildman–Crippen MR) is 135 cm³/mol. The van der Waals surface area contributed by atoms with E-state index in [2.05, 4.69) is 10.3 Å².